The number of nitrogens with one attached hydrogen (secondary N) is 1. The molecule has 2 amide bonds. The minimum Gasteiger partial charge on any atom is -0.493 e. The number of fused-ring (bicyclic) bond motifs is 2. The number of benzene rings is 2. The molecule has 34 heavy (non-hydrogen) atoms. The largest absolute Gasteiger partial charge is 0.493 e. The zero-order chi connectivity index (χ0) is 23.4. The number of hydrogen-bond donors (Lipinski definition) is 1. The standard InChI is InChI=1S/C25H24N2O7/c1-30-16-6-4-15(10-19(16)31-2)26-23(28)21-18-7-8-25(34-18)12-27(24(29)22(21)25)11-14-3-5-17-20(9-14)33-13-32-17/h3-10,18,21-22H,11-13H2,1-2H3,(H,26,28)/t18-,21?,22+,25-/m1/s1. The Kier molecular flexibility index (Phi) is 4.70. The molecule has 6 rings (SSSR count). The summed E-state index contributed by atoms with van der Waals surface area (Å²) in [5.41, 5.74) is 0.711. The second-order valence-corrected chi connectivity index (χ2v) is 8.84. The summed E-state index contributed by atoms with van der Waals surface area (Å²) in [6.07, 6.45) is 3.41. The fourth-order valence-corrected chi connectivity index (χ4v) is 5.41. The number of carbonyl (C=O) groups is 2. The molecule has 4 atom stereocenters. The van der Waals surface area contributed by atoms with Gasteiger partial charge in [-0.25, -0.2) is 0 Å². The molecule has 0 saturated carbocycles. The summed E-state index contributed by atoms with van der Waals surface area (Å²) in [7, 11) is 3.09. The lowest BCUT2D eigenvalue weighted by Gasteiger charge is -2.23. The summed E-state index contributed by atoms with van der Waals surface area (Å²) in [4.78, 5) is 28.6. The lowest BCUT2D eigenvalue weighted by molar-refractivity contribution is -0.136. The van der Waals surface area contributed by atoms with Crippen LogP contribution in [0, 0.1) is 11.8 Å². The Labute approximate surface area is 196 Å². The third-order valence-electron chi connectivity index (χ3n) is 6.94. The van der Waals surface area contributed by atoms with Crippen LogP contribution in [0.25, 0.3) is 0 Å². The van der Waals surface area contributed by atoms with Gasteiger partial charge in [0.1, 0.15) is 5.60 Å². The average Bonchev–Trinajstić information content (AvgIpc) is 3.60. The third kappa shape index (κ3) is 3.11. The molecule has 0 radical (unpaired) electrons. The molecule has 1 N–H and O–H groups in total. The van der Waals surface area contributed by atoms with Crippen LogP contribution >= 0.6 is 0 Å². The number of methoxy groups -OCH3 is 2. The first-order chi connectivity index (χ1) is 16.5. The van der Waals surface area contributed by atoms with Gasteiger partial charge in [-0.3, -0.25) is 9.59 Å². The van der Waals surface area contributed by atoms with Crippen molar-refractivity contribution in [3.63, 3.8) is 0 Å². The second kappa shape index (κ2) is 7.66. The molecular formula is C25H24N2O7. The molecule has 9 nitrogen and oxygen atoms in total. The van der Waals surface area contributed by atoms with E-state index in [0.717, 1.165) is 5.56 Å². The summed E-state index contributed by atoms with van der Waals surface area (Å²) in [6, 6.07) is 10.8. The van der Waals surface area contributed by atoms with Crippen LogP contribution in [0.4, 0.5) is 5.69 Å². The van der Waals surface area contributed by atoms with Crippen molar-refractivity contribution >= 4 is 17.5 Å². The molecule has 9 heteroatoms. The summed E-state index contributed by atoms with van der Waals surface area (Å²) in [5, 5.41) is 2.93. The van der Waals surface area contributed by atoms with Crippen LogP contribution in [-0.4, -0.2) is 56.0 Å². The third-order valence-corrected chi connectivity index (χ3v) is 6.94. The molecule has 176 valence electrons. The highest BCUT2D eigenvalue weighted by molar-refractivity contribution is 5.99. The van der Waals surface area contributed by atoms with Gasteiger partial charge in [0, 0.05) is 18.3 Å². The van der Waals surface area contributed by atoms with Gasteiger partial charge in [-0.2, -0.15) is 0 Å². The number of ether oxygens (including phenoxy) is 5. The fraction of sp³-hybridized carbons (Fsp3) is 0.360. The van der Waals surface area contributed by atoms with E-state index >= 15 is 0 Å². The number of likely N-dealkylation sites (tertiary alicyclic amines) is 1. The van der Waals surface area contributed by atoms with Crippen molar-refractivity contribution in [2.24, 2.45) is 11.8 Å². The van der Waals surface area contributed by atoms with Crippen molar-refractivity contribution in [3.8, 4) is 23.0 Å². The van der Waals surface area contributed by atoms with Crippen molar-refractivity contribution in [1.82, 2.24) is 4.90 Å². The van der Waals surface area contributed by atoms with Crippen LogP contribution in [0.15, 0.2) is 48.6 Å². The Balaban J connectivity index is 1.21. The van der Waals surface area contributed by atoms with Crippen LogP contribution in [0.3, 0.4) is 0 Å². The van der Waals surface area contributed by atoms with Gasteiger partial charge < -0.3 is 33.9 Å². The Bertz CT molecular complexity index is 1210. The Hall–Kier alpha value is -3.72. The topological polar surface area (TPSA) is 95.6 Å². The van der Waals surface area contributed by atoms with Crippen molar-refractivity contribution in [2.75, 3.05) is 32.9 Å². The molecule has 2 saturated heterocycles. The van der Waals surface area contributed by atoms with Crippen molar-refractivity contribution in [2.45, 2.75) is 18.2 Å². The monoisotopic (exact) mass is 464 g/mol. The summed E-state index contributed by atoms with van der Waals surface area (Å²) < 4.78 is 27.6. The first-order valence-electron chi connectivity index (χ1n) is 11.1. The van der Waals surface area contributed by atoms with Gasteiger partial charge in [0.15, 0.2) is 23.0 Å². The minimum atomic E-state index is -0.780. The highest BCUT2D eigenvalue weighted by Crippen LogP contribution is 2.52. The normalized spacial score (nSPS) is 27.8. The molecule has 4 aliphatic heterocycles. The molecule has 4 heterocycles. The van der Waals surface area contributed by atoms with E-state index < -0.39 is 23.5 Å². The van der Waals surface area contributed by atoms with Crippen LogP contribution in [0.5, 0.6) is 23.0 Å². The molecule has 2 aromatic carbocycles. The maximum absolute atomic E-state index is 13.5. The van der Waals surface area contributed by atoms with E-state index in [4.69, 9.17) is 23.7 Å². The lowest BCUT2D eigenvalue weighted by Crippen LogP contribution is -2.41. The van der Waals surface area contributed by atoms with Crippen LogP contribution < -0.4 is 24.3 Å². The average molecular weight is 464 g/mol. The van der Waals surface area contributed by atoms with Crippen molar-refractivity contribution in [1.29, 1.82) is 0 Å². The highest BCUT2D eigenvalue weighted by Gasteiger charge is 2.66. The zero-order valence-corrected chi connectivity index (χ0v) is 18.8. The molecule has 4 aliphatic rings. The fourth-order valence-electron chi connectivity index (χ4n) is 5.41. The predicted molar refractivity (Wildman–Crippen MR) is 120 cm³/mol. The van der Waals surface area contributed by atoms with E-state index in [1.54, 1.807) is 30.2 Å². The summed E-state index contributed by atoms with van der Waals surface area (Å²) in [6.45, 7) is 1.00. The molecule has 0 aliphatic carbocycles. The van der Waals surface area contributed by atoms with E-state index in [-0.39, 0.29) is 18.6 Å². The van der Waals surface area contributed by atoms with Gasteiger partial charge in [0.2, 0.25) is 18.6 Å². The van der Waals surface area contributed by atoms with Crippen LogP contribution in [-0.2, 0) is 20.9 Å². The number of anilines is 1. The van der Waals surface area contributed by atoms with Crippen LogP contribution in [0.2, 0.25) is 0 Å². The summed E-state index contributed by atoms with van der Waals surface area (Å²) >= 11 is 0. The van der Waals surface area contributed by atoms with Gasteiger partial charge in [-0.05, 0) is 29.8 Å². The van der Waals surface area contributed by atoms with E-state index in [1.807, 2.05) is 30.4 Å². The molecule has 1 unspecified atom stereocenters. The smallest absolute Gasteiger partial charge is 0.231 e. The number of carbonyl (C=O) groups excluding carboxylic acids is 2. The highest BCUT2D eigenvalue weighted by atomic mass is 16.7. The number of amides is 2. The second-order valence-electron chi connectivity index (χ2n) is 8.84. The van der Waals surface area contributed by atoms with Gasteiger partial charge in [-0.15, -0.1) is 0 Å². The molecule has 2 bridgehead atoms. The number of hydrogen-bond acceptors (Lipinski definition) is 7. The SMILES string of the molecule is COc1ccc(NC(=O)C2[C@H]3C(=O)N(Cc4ccc5c(c4)OCO5)C[C@]34C=C[C@H]2O4)cc1OC. The van der Waals surface area contributed by atoms with E-state index in [2.05, 4.69) is 5.32 Å². The van der Waals surface area contributed by atoms with E-state index in [0.29, 0.717) is 41.8 Å². The first-order valence-corrected chi connectivity index (χ1v) is 11.1. The molecular weight excluding hydrogens is 440 g/mol. The molecule has 2 fully saturated rings. The van der Waals surface area contributed by atoms with Crippen molar-refractivity contribution in [3.05, 3.63) is 54.1 Å². The van der Waals surface area contributed by atoms with E-state index in [9.17, 15) is 9.59 Å². The first kappa shape index (κ1) is 20.9. The van der Waals surface area contributed by atoms with Gasteiger partial charge in [-0.1, -0.05) is 18.2 Å². The molecule has 0 aromatic heterocycles. The molecule has 2 aromatic rings. The van der Waals surface area contributed by atoms with Gasteiger partial charge in [0.05, 0.1) is 38.7 Å². The predicted octanol–water partition coefficient (Wildman–Crippen LogP) is 2.35. The Morgan fingerprint density at radius 3 is 2.76 bits per heavy atom. The summed E-state index contributed by atoms with van der Waals surface area (Å²) in [5.74, 6) is 0.909. The lowest BCUT2D eigenvalue weighted by atomic mass is 9.77. The zero-order valence-electron chi connectivity index (χ0n) is 18.8. The molecule has 1 spiro atoms. The van der Waals surface area contributed by atoms with Crippen molar-refractivity contribution < 1.29 is 33.3 Å². The maximum atomic E-state index is 13.5. The number of rotatable bonds is 6. The van der Waals surface area contributed by atoms with Gasteiger partial charge in [0.25, 0.3) is 0 Å². The quantitative estimate of drug-likeness (QED) is 0.656. The number of nitrogens with zero attached hydrogens (tertiary/aromatic N) is 1. The Morgan fingerprint density at radius 2 is 1.94 bits per heavy atom. The van der Waals surface area contributed by atoms with E-state index in [1.165, 1.54) is 7.11 Å². The van der Waals surface area contributed by atoms with Crippen LogP contribution in [0.1, 0.15) is 5.56 Å². The minimum absolute atomic E-state index is 0.0861. The van der Waals surface area contributed by atoms with Gasteiger partial charge >= 0.3 is 0 Å². The maximum Gasteiger partial charge on any atom is 0.231 e. The Morgan fingerprint density at radius 1 is 1.12 bits per heavy atom.